The Hall–Kier alpha value is -3.24. The highest BCUT2D eigenvalue weighted by Crippen LogP contribution is 2.21. The number of amides is 2. The van der Waals surface area contributed by atoms with Gasteiger partial charge in [0.25, 0.3) is 5.91 Å². The van der Waals surface area contributed by atoms with E-state index >= 15 is 0 Å². The van der Waals surface area contributed by atoms with Crippen LogP contribution in [0.25, 0.3) is 0 Å². The number of ether oxygens (including phenoxy) is 1. The number of hydrogen-bond donors (Lipinski definition) is 2. The van der Waals surface area contributed by atoms with Crippen LogP contribution in [0, 0.1) is 13.8 Å². The van der Waals surface area contributed by atoms with Crippen molar-refractivity contribution in [3.8, 4) is 0 Å². The van der Waals surface area contributed by atoms with Crippen LogP contribution >= 0.6 is 22.9 Å². The van der Waals surface area contributed by atoms with Crippen LogP contribution in [-0.4, -0.2) is 39.2 Å². The van der Waals surface area contributed by atoms with Crippen molar-refractivity contribution in [3.63, 3.8) is 0 Å². The van der Waals surface area contributed by atoms with Gasteiger partial charge in [-0.25, -0.2) is 14.5 Å². The third kappa shape index (κ3) is 6.12. The number of nitrogens with one attached hydrogen (secondary N) is 2. The highest BCUT2D eigenvalue weighted by molar-refractivity contribution is 7.09. The van der Waals surface area contributed by atoms with Crippen molar-refractivity contribution in [3.05, 3.63) is 68.4 Å². The van der Waals surface area contributed by atoms with Gasteiger partial charge in [-0.2, -0.15) is 5.10 Å². The zero-order valence-corrected chi connectivity index (χ0v) is 18.4. The number of benzene rings is 1. The Morgan fingerprint density at radius 3 is 2.52 bits per heavy atom. The molecule has 1 aromatic carbocycles. The van der Waals surface area contributed by atoms with Gasteiger partial charge in [-0.3, -0.25) is 20.4 Å². The quantitative estimate of drug-likeness (QED) is 0.411. The van der Waals surface area contributed by atoms with E-state index in [0.717, 1.165) is 11.3 Å². The number of esters is 1. The maximum atomic E-state index is 12.4. The molecule has 11 heteroatoms. The van der Waals surface area contributed by atoms with E-state index in [-0.39, 0.29) is 17.1 Å². The summed E-state index contributed by atoms with van der Waals surface area (Å²) in [5.41, 5.74) is 6.71. The molecule has 2 N–H and O–H groups in total. The average molecular weight is 462 g/mol. The molecule has 9 nitrogen and oxygen atoms in total. The topological polar surface area (TPSA) is 115 Å². The van der Waals surface area contributed by atoms with Gasteiger partial charge in [-0.15, -0.1) is 11.3 Å². The van der Waals surface area contributed by atoms with Crippen molar-refractivity contribution < 1.29 is 19.1 Å². The van der Waals surface area contributed by atoms with E-state index in [0.29, 0.717) is 17.2 Å². The molecule has 0 aliphatic heterocycles. The molecule has 0 radical (unpaired) electrons. The molecular weight excluding hydrogens is 442 g/mol. The second-order valence-electron chi connectivity index (χ2n) is 6.63. The zero-order valence-electron chi connectivity index (χ0n) is 16.8. The lowest BCUT2D eigenvalue weighted by atomic mass is 10.2. The Labute approximate surface area is 187 Å². The van der Waals surface area contributed by atoms with E-state index in [2.05, 4.69) is 20.9 Å². The van der Waals surface area contributed by atoms with Crippen LogP contribution in [0.5, 0.6) is 0 Å². The second-order valence-corrected chi connectivity index (χ2v) is 7.93. The summed E-state index contributed by atoms with van der Waals surface area (Å²) >= 11 is 7.66. The number of carbonyl (C=O) groups excluding carboxylic acids is 3. The summed E-state index contributed by atoms with van der Waals surface area (Å²) < 4.78 is 6.51. The summed E-state index contributed by atoms with van der Waals surface area (Å²) in [6.07, 6.45) is 0.0357. The summed E-state index contributed by atoms with van der Waals surface area (Å²) in [4.78, 5) is 40.3. The van der Waals surface area contributed by atoms with Gasteiger partial charge >= 0.3 is 5.97 Å². The molecule has 0 aliphatic rings. The molecule has 3 aromatic rings. The summed E-state index contributed by atoms with van der Waals surface area (Å²) in [6, 6.07) is 9.52. The van der Waals surface area contributed by atoms with Gasteiger partial charge in [0.1, 0.15) is 15.7 Å². The molecule has 0 bridgehead atoms. The monoisotopic (exact) mass is 461 g/mol. The fourth-order valence-electron chi connectivity index (χ4n) is 2.69. The van der Waals surface area contributed by atoms with Crippen molar-refractivity contribution in [2.75, 3.05) is 6.61 Å². The fourth-order valence-corrected chi connectivity index (χ4v) is 3.77. The Bertz CT molecular complexity index is 1100. The van der Waals surface area contributed by atoms with Crippen LogP contribution in [-0.2, 0) is 27.3 Å². The van der Waals surface area contributed by atoms with E-state index in [1.807, 2.05) is 42.6 Å². The number of thiazole rings is 1. The van der Waals surface area contributed by atoms with Crippen LogP contribution in [0.3, 0.4) is 0 Å². The van der Waals surface area contributed by atoms with Crippen LogP contribution in [0.15, 0.2) is 35.7 Å². The van der Waals surface area contributed by atoms with Crippen LogP contribution in [0.1, 0.15) is 32.3 Å². The largest absolute Gasteiger partial charge is 0.452 e. The lowest BCUT2D eigenvalue weighted by Gasteiger charge is -2.08. The lowest BCUT2D eigenvalue weighted by Crippen LogP contribution is -2.44. The van der Waals surface area contributed by atoms with E-state index in [1.165, 1.54) is 16.0 Å². The highest BCUT2D eigenvalue weighted by Gasteiger charge is 2.22. The van der Waals surface area contributed by atoms with E-state index in [4.69, 9.17) is 16.3 Å². The van der Waals surface area contributed by atoms with Gasteiger partial charge in [0.05, 0.1) is 18.7 Å². The third-order valence-electron chi connectivity index (χ3n) is 4.10. The molecule has 2 heterocycles. The average Bonchev–Trinajstić information content (AvgIpc) is 3.27. The van der Waals surface area contributed by atoms with Crippen LogP contribution in [0.4, 0.5) is 0 Å². The molecule has 0 saturated carbocycles. The SMILES string of the molecule is Cc1csc(CC(=O)NNC(=O)COC(=O)c2c(C)nn(Cc3ccccc3)c2Cl)n1. The Morgan fingerprint density at radius 2 is 1.84 bits per heavy atom. The first-order valence-corrected chi connectivity index (χ1v) is 10.5. The first kappa shape index (κ1) is 22.4. The first-order valence-electron chi connectivity index (χ1n) is 9.26. The number of halogens is 1. The molecular formula is C20H20ClN5O4S. The second kappa shape index (κ2) is 10.2. The minimum atomic E-state index is -0.776. The van der Waals surface area contributed by atoms with Crippen molar-refractivity contribution in [2.24, 2.45) is 0 Å². The van der Waals surface area contributed by atoms with Crippen molar-refractivity contribution in [1.82, 2.24) is 25.6 Å². The minimum Gasteiger partial charge on any atom is -0.452 e. The van der Waals surface area contributed by atoms with Gasteiger partial charge < -0.3 is 4.74 Å². The maximum Gasteiger partial charge on any atom is 0.343 e. The molecule has 2 aromatic heterocycles. The summed E-state index contributed by atoms with van der Waals surface area (Å²) in [5.74, 6) is -1.90. The Kier molecular flexibility index (Phi) is 7.37. The molecule has 0 fully saturated rings. The lowest BCUT2D eigenvalue weighted by molar-refractivity contribution is -0.130. The number of aromatic nitrogens is 3. The smallest absolute Gasteiger partial charge is 0.343 e. The molecule has 2 amide bonds. The molecule has 162 valence electrons. The number of carbonyl (C=O) groups is 3. The summed E-state index contributed by atoms with van der Waals surface area (Å²) in [6.45, 7) is 3.26. The molecule has 3 rings (SSSR count). The van der Waals surface area contributed by atoms with Gasteiger partial charge in [-0.05, 0) is 19.4 Å². The predicted molar refractivity (Wildman–Crippen MR) is 115 cm³/mol. The van der Waals surface area contributed by atoms with Gasteiger partial charge in [0.2, 0.25) is 5.91 Å². The molecule has 31 heavy (non-hydrogen) atoms. The Morgan fingerprint density at radius 1 is 1.13 bits per heavy atom. The van der Waals surface area contributed by atoms with E-state index < -0.39 is 24.4 Å². The van der Waals surface area contributed by atoms with Crippen LogP contribution in [0.2, 0.25) is 5.15 Å². The van der Waals surface area contributed by atoms with Crippen molar-refractivity contribution >= 4 is 40.7 Å². The number of nitrogens with zero attached hydrogens (tertiary/aromatic N) is 3. The van der Waals surface area contributed by atoms with Gasteiger partial charge in [0.15, 0.2) is 6.61 Å². The molecule has 0 aliphatic carbocycles. The fraction of sp³-hybridized carbons (Fsp3) is 0.250. The maximum absolute atomic E-state index is 12.4. The number of aryl methyl sites for hydroxylation is 2. The van der Waals surface area contributed by atoms with Crippen molar-refractivity contribution in [1.29, 1.82) is 0 Å². The third-order valence-corrected chi connectivity index (χ3v) is 5.45. The van der Waals surface area contributed by atoms with E-state index in [9.17, 15) is 14.4 Å². The first-order chi connectivity index (χ1) is 14.8. The standard InChI is InChI=1S/C20H20ClN5O4S/c1-12-11-31-17(22-12)8-15(27)23-24-16(28)10-30-20(29)18-13(2)25-26(19(18)21)9-14-6-4-3-5-7-14/h3-7,11H,8-10H2,1-2H3,(H,23,27)(H,24,28). The number of hydrazine groups is 1. The molecule has 0 unspecified atom stereocenters. The summed E-state index contributed by atoms with van der Waals surface area (Å²) in [5, 5.41) is 6.86. The number of hydrogen-bond acceptors (Lipinski definition) is 7. The predicted octanol–water partition coefficient (Wildman–Crippen LogP) is 2.21. The Balaban J connectivity index is 1.49. The highest BCUT2D eigenvalue weighted by atomic mass is 35.5. The van der Waals surface area contributed by atoms with Crippen LogP contribution < -0.4 is 10.9 Å². The van der Waals surface area contributed by atoms with Crippen molar-refractivity contribution in [2.45, 2.75) is 26.8 Å². The van der Waals surface area contributed by atoms with Gasteiger partial charge in [0, 0.05) is 11.1 Å². The molecule has 0 saturated heterocycles. The van der Waals surface area contributed by atoms with Gasteiger partial charge in [-0.1, -0.05) is 41.9 Å². The minimum absolute atomic E-state index is 0.0357. The molecule has 0 atom stereocenters. The number of rotatable bonds is 7. The van der Waals surface area contributed by atoms with E-state index in [1.54, 1.807) is 6.92 Å². The summed E-state index contributed by atoms with van der Waals surface area (Å²) in [7, 11) is 0. The molecule has 0 spiro atoms. The zero-order chi connectivity index (χ0) is 22.4. The normalized spacial score (nSPS) is 10.5.